The minimum absolute atomic E-state index is 0.0499. The maximum atomic E-state index is 13.2. The van der Waals surface area contributed by atoms with Crippen LogP contribution in [-0.4, -0.2) is 44.2 Å². The van der Waals surface area contributed by atoms with Crippen LogP contribution in [0.1, 0.15) is 35.6 Å². The summed E-state index contributed by atoms with van der Waals surface area (Å²) in [6.45, 7) is 5.43. The van der Waals surface area contributed by atoms with Gasteiger partial charge in [-0.2, -0.15) is 11.3 Å². The Hall–Kier alpha value is -2.83. The number of nitrogens with one attached hydrogen (secondary N) is 1. The Morgan fingerprint density at radius 3 is 2.48 bits per heavy atom. The van der Waals surface area contributed by atoms with Crippen LogP contribution in [0.4, 0.5) is 0 Å². The zero-order chi connectivity index (χ0) is 23.0. The summed E-state index contributed by atoms with van der Waals surface area (Å²) in [5.74, 6) is 1.88. The van der Waals surface area contributed by atoms with Crippen LogP contribution < -0.4 is 14.8 Å². The molecule has 0 spiro atoms. The number of piperidine rings is 1. The van der Waals surface area contributed by atoms with E-state index in [0.29, 0.717) is 6.61 Å². The summed E-state index contributed by atoms with van der Waals surface area (Å²) in [6.07, 6.45) is 1.75. The average molecular weight is 465 g/mol. The summed E-state index contributed by atoms with van der Waals surface area (Å²) < 4.78 is 11.0. The molecule has 1 aromatic heterocycles. The molecule has 1 atom stereocenters. The van der Waals surface area contributed by atoms with E-state index in [1.807, 2.05) is 36.4 Å². The molecule has 0 saturated carbocycles. The monoisotopic (exact) mass is 464 g/mol. The lowest BCUT2D eigenvalue weighted by atomic mass is 9.93. The molecule has 3 aromatic rings. The van der Waals surface area contributed by atoms with E-state index in [0.717, 1.165) is 55.1 Å². The van der Waals surface area contributed by atoms with E-state index in [1.54, 1.807) is 18.4 Å². The lowest BCUT2D eigenvalue weighted by Crippen LogP contribution is -2.42. The summed E-state index contributed by atoms with van der Waals surface area (Å²) in [5, 5.41) is 7.55. The molecule has 0 bridgehead atoms. The lowest BCUT2D eigenvalue weighted by molar-refractivity contribution is -0.127. The fourth-order valence-corrected chi connectivity index (χ4v) is 5.02. The first-order valence-corrected chi connectivity index (χ1v) is 12.5. The first-order valence-electron chi connectivity index (χ1n) is 11.5. The summed E-state index contributed by atoms with van der Waals surface area (Å²) in [4.78, 5) is 15.6. The molecule has 1 amide bonds. The highest BCUT2D eigenvalue weighted by atomic mass is 32.1. The molecule has 2 heterocycles. The van der Waals surface area contributed by atoms with E-state index in [4.69, 9.17) is 9.47 Å². The Bertz CT molecular complexity index is 1010. The number of ether oxygens (including phenoxy) is 2. The van der Waals surface area contributed by atoms with Gasteiger partial charge in [-0.05, 0) is 90.6 Å². The molecule has 1 fully saturated rings. The van der Waals surface area contributed by atoms with Crippen LogP contribution in [0.15, 0.2) is 65.4 Å². The largest absolute Gasteiger partial charge is 0.497 e. The van der Waals surface area contributed by atoms with Crippen LogP contribution >= 0.6 is 11.3 Å². The number of thiophene rings is 1. The van der Waals surface area contributed by atoms with Crippen molar-refractivity contribution in [2.45, 2.75) is 25.8 Å². The number of carbonyl (C=O) groups is 1. The van der Waals surface area contributed by atoms with Gasteiger partial charge >= 0.3 is 0 Å². The van der Waals surface area contributed by atoms with Crippen molar-refractivity contribution >= 4 is 17.2 Å². The van der Waals surface area contributed by atoms with Crippen LogP contribution in [0, 0.1) is 12.8 Å². The third-order valence-corrected chi connectivity index (χ3v) is 7.06. The first kappa shape index (κ1) is 23.3. The maximum absolute atomic E-state index is 13.2. The summed E-state index contributed by atoms with van der Waals surface area (Å²) in [6, 6.07) is 18.0. The molecule has 33 heavy (non-hydrogen) atoms. The number of carbonyl (C=O) groups excluding carboxylic acids is 1. The number of rotatable bonds is 9. The molecule has 1 N–H and O–H groups in total. The zero-order valence-corrected chi connectivity index (χ0v) is 20.1. The van der Waals surface area contributed by atoms with Crippen molar-refractivity contribution in [1.82, 2.24) is 10.2 Å². The molecule has 1 unspecified atom stereocenters. The van der Waals surface area contributed by atoms with Gasteiger partial charge in [-0.3, -0.25) is 9.69 Å². The summed E-state index contributed by atoms with van der Waals surface area (Å²) in [7, 11) is 1.66. The topological polar surface area (TPSA) is 50.8 Å². The predicted octanol–water partition coefficient (Wildman–Crippen LogP) is 5.06. The summed E-state index contributed by atoms with van der Waals surface area (Å²) >= 11 is 1.66. The van der Waals surface area contributed by atoms with Gasteiger partial charge in [0.05, 0.1) is 13.2 Å². The smallest absolute Gasteiger partial charge is 0.223 e. The van der Waals surface area contributed by atoms with Crippen molar-refractivity contribution in [1.29, 1.82) is 0 Å². The molecule has 1 aliphatic heterocycles. The fourth-order valence-electron chi connectivity index (χ4n) is 4.33. The quantitative estimate of drug-likeness (QED) is 0.481. The van der Waals surface area contributed by atoms with Crippen LogP contribution in [0.3, 0.4) is 0 Å². The van der Waals surface area contributed by atoms with Gasteiger partial charge in [0.2, 0.25) is 5.91 Å². The van der Waals surface area contributed by atoms with E-state index in [2.05, 4.69) is 46.1 Å². The van der Waals surface area contributed by atoms with Crippen molar-refractivity contribution in [2.75, 3.05) is 33.4 Å². The molecular formula is C27H32N2O3S. The second-order valence-corrected chi connectivity index (χ2v) is 9.27. The SMILES string of the molecule is COc1ccc(OCCN2CCC(C(=O)NC(c3ccsc3)c3ccccc3C)CC2)cc1. The number of methoxy groups -OCH3 is 1. The highest BCUT2D eigenvalue weighted by Gasteiger charge is 2.28. The number of hydrogen-bond acceptors (Lipinski definition) is 5. The van der Waals surface area contributed by atoms with E-state index in [9.17, 15) is 4.79 Å². The van der Waals surface area contributed by atoms with E-state index < -0.39 is 0 Å². The van der Waals surface area contributed by atoms with Gasteiger partial charge in [0.1, 0.15) is 18.1 Å². The van der Waals surface area contributed by atoms with Crippen molar-refractivity contribution in [3.05, 3.63) is 82.0 Å². The Morgan fingerprint density at radius 2 is 1.82 bits per heavy atom. The number of likely N-dealkylation sites (tertiary alicyclic amines) is 1. The van der Waals surface area contributed by atoms with E-state index in [1.165, 1.54) is 5.56 Å². The van der Waals surface area contributed by atoms with Gasteiger partial charge in [0.15, 0.2) is 0 Å². The molecule has 4 rings (SSSR count). The minimum Gasteiger partial charge on any atom is -0.497 e. The van der Waals surface area contributed by atoms with Gasteiger partial charge in [0.25, 0.3) is 0 Å². The molecule has 5 nitrogen and oxygen atoms in total. The van der Waals surface area contributed by atoms with Gasteiger partial charge in [-0.25, -0.2) is 0 Å². The molecular weight excluding hydrogens is 432 g/mol. The molecule has 1 saturated heterocycles. The number of amides is 1. The molecule has 174 valence electrons. The normalized spacial score (nSPS) is 15.7. The Morgan fingerprint density at radius 1 is 1.09 bits per heavy atom. The number of hydrogen-bond donors (Lipinski definition) is 1. The average Bonchev–Trinajstić information content (AvgIpc) is 3.39. The van der Waals surface area contributed by atoms with Crippen LogP contribution in [0.25, 0.3) is 0 Å². The first-order chi connectivity index (χ1) is 16.1. The van der Waals surface area contributed by atoms with Gasteiger partial charge in [-0.1, -0.05) is 24.3 Å². The fraction of sp³-hybridized carbons (Fsp3) is 0.370. The van der Waals surface area contributed by atoms with Crippen molar-refractivity contribution < 1.29 is 14.3 Å². The van der Waals surface area contributed by atoms with E-state index in [-0.39, 0.29) is 17.9 Å². The maximum Gasteiger partial charge on any atom is 0.223 e. The Balaban J connectivity index is 1.27. The van der Waals surface area contributed by atoms with Crippen molar-refractivity contribution in [3.8, 4) is 11.5 Å². The molecule has 1 aliphatic rings. The van der Waals surface area contributed by atoms with Crippen LogP contribution in [0.2, 0.25) is 0 Å². The molecule has 0 aliphatic carbocycles. The number of nitrogens with zero attached hydrogens (tertiary/aromatic N) is 1. The zero-order valence-electron chi connectivity index (χ0n) is 19.3. The second-order valence-electron chi connectivity index (χ2n) is 8.49. The van der Waals surface area contributed by atoms with Gasteiger partial charge in [-0.15, -0.1) is 0 Å². The molecule has 6 heteroatoms. The number of aryl methyl sites for hydroxylation is 1. The lowest BCUT2D eigenvalue weighted by Gasteiger charge is -2.32. The number of benzene rings is 2. The predicted molar refractivity (Wildman–Crippen MR) is 133 cm³/mol. The molecule has 2 aromatic carbocycles. The standard InChI is InChI=1S/C27H32N2O3S/c1-20-5-3-4-6-25(20)26(22-13-18-33-19-22)28-27(30)21-11-14-29(15-12-21)16-17-32-24-9-7-23(31-2)8-10-24/h3-10,13,18-19,21,26H,11-12,14-17H2,1-2H3,(H,28,30). The van der Waals surface area contributed by atoms with Crippen LogP contribution in [0.5, 0.6) is 11.5 Å². The Labute approximate surface area is 200 Å². The van der Waals surface area contributed by atoms with Crippen LogP contribution in [-0.2, 0) is 4.79 Å². The Kier molecular flexibility index (Phi) is 8.02. The van der Waals surface area contributed by atoms with Gasteiger partial charge < -0.3 is 14.8 Å². The third kappa shape index (κ3) is 6.15. The van der Waals surface area contributed by atoms with Gasteiger partial charge in [0, 0.05) is 12.5 Å². The highest BCUT2D eigenvalue weighted by molar-refractivity contribution is 7.08. The third-order valence-electron chi connectivity index (χ3n) is 6.36. The summed E-state index contributed by atoms with van der Waals surface area (Å²) in [5.41, 5.74) is 3.51. The van der Waals surface area contributed by atoms with E-state index >= 15 is 0 Å². The van der Waals surface area contributed by atoms with Crippen molar-refractivity contribution in [3.63, 3.8) is 0 Å². The molecule has 0 radical (unpaired) electrons. The highest BCUT2D eigenvalue weighted by Crippen LogP contribution is 2.28. The minimum atomic E-state index is -0.0964. The van der Waals surface area contributed by atoms with Crippen molar-refractivity contribution in [2.24, 2.45) is 5.92 Å². The second kappa shape index (κ2) is 11.3.